The zero-order chi connectivity index (χ0) is 13.0. The van der Waals surface area contributed by atoms with Gasteiger partial charge in [0.15, 0.2) is 0 Å². The van der Waals surface area contributed by atoms with Crippen molar-refractivity contribution < 1.29 is 14.5 Å². The molecule has 1 aromatic rings. The molecule has 0 N–H and O–H groups in total. The predicted molar refractivity (Wildman–Crippen MR) is 68.9 cm³/mol. The van der Waals surface area contributed by atoms with E-state index in [0.29, 0.717) is 3.57 Å². The van der Waals surface area contributed by atoms with Gasteiger partial charge in [-0.3, -0.25) is 14.9 Å². The van der Waals surface area contributed by atoms with Crippen molar-refractivity contribution in [1.82, 2.24) is 4.98 Å². The molecular formula is C9H10IN3O4. The maximum absolute atomic E-state index is 11.1. The van der Waals surface area contributed by atoms with E-state index in [4.69, 9.17) is 0 Å². The van der Waals surface area contributed by atoms with E-state index >= 15 is 0 Å². The van der Waals surface area contributed by atoms with Crippen molar-refractivity contribution in [2.24, 2.45) is 0 Å². The van der Waals surface area contributed by atoms with Gasteiger partial charge in [-0.25, -0.2) is 4.98 Å². The monoisotopic (exact) mass is 351 g/mol. The summed E-state index contributed by atoms with van der Waals surface area (Å²) in [4.78, 5) is 26.7. The van der Waals surface area contributed by atoms with Gasteiger partial charge in [-0.1, -0.05) is 0 Å². The van der Waals surface area contributed by atoms with Crippen LogP contribution < -0.4 is 4.90 Å². The van der Waals surface area contributed by atoms with E-state index in [0.717, 1.165) is 0 Å². The minimum absolute atomic E-state index is 0.0923. The van der Waals surface area contributed by atoms with Gasteiger partial charge in [0.2, 0.25) is 5.82 Å². The van der Waals surface area contributed by atoms with Gasteiger partial charge in [-0.2, -0.15) is 0 Å². The zero-order valence-electron chi connectivity index (χ0n) is 9.21. The first kappa shape index (κ1) is 13.6. The Morgan fingerprint density at radius 2 is 2.35 bits per heavy atom. The number of nitrogens with zero attached hydrogens (tertiary/aromatic N) is 3. The van der Waals surface area contributed by atoms with Gasteiger partial charge in [-0.15, -0.1) is 0 Å². The van der Waals surface area contributed by atoms with Crippen LogP contribution in [0.3, 0.4) is 0 Å². The number of hydrogen-bond donors (Lipinski definition) is 0. The Kier molecular flexibility index (Phi) is 4.61. The summed E-state index contributed by atoms with van der Waals surface area (Å²) in [5.41, 5.74) is -0.136. The number of pyridine rings is 1. The lowest BCUT2D eigenvalue weighted by molar-refractivity contribution is -0.384. The van der Waals surface area contributed by atoms with E-state index in [1.165, 1.54) is 24.3 Å². The van der Waals surface area contributed by atoms with Gasteiger partial charge < -0.3 is 9.64 Å². The minimum atomic E-state index is -0.529. The van der Waals surface area contributed by atoms with E-state index in [9.17, 15) is 14.9 Å². The molecule has 0 saturated carbocycles. The molecule has 0 unspecified atom stereocenters. The van der Waals surface area contributed by atoms with Crippen molar-refractivity contribution >= 4 is 40.1 Å². The number of methoxy groups -OCH3 is 1. The van der Waals surface area contributed by atoms with E-state index in [1.54, 1.807) is 7.05 Å². The third kappa shape index (κ3) is 3.51. The molecule has 0 aliphatic heterocycles. The topological polar surface area (TPSA) is 85.6 Å². The van der Waals surface area contributed by atoms with Crippen molar-refractivity contribution in [3.63, 3.8) is 0 Å². The lowest BCUT2D eigenvalue weighted by Crippen LogP contribution is -2.27. The number of hydrogen-bond acceptors (Lipinski definition) is 6. The van der Waals surface area contributed by atoms with Crippen molar-refractivity contribution in [1.29, 1.82) is 0 Å². The van der Waals surface area contributed by atoms with Gasteiger partial charge in [-0.05, 0) is 22.6 Å². The van der Waals surface area contributed by atoms with Gasteiger partial charge in [0.25, 0.3) is 0 Å². The molecule has 1 heterocycles. The minimum Gasteiger partial charge on any atom is -0.468 e. The van der Waals surface area contributed by atoms with Crippen LogP contribution in [0, 0.1) is 13.7 Å². The van der Waals surface area contributed by atoms with Gasteiger partial charge >= 0.3 is 11.7 Å². The van der Waals surface area contributed by atoms with Crippen LogP contribution in [-0.4, -0.2) is 36.6 Å². The number of halogens is 1. The highest BCUT2D eigenvalue weighted by atomic mass is 127. The van der Waals surface area contributed by atoms with Crippen molar-refractivity contribution in [2.45, 2.75) is 0 Å². The third-order valence-corrected chi connectivity index (χ3v) is 2.56. The van der Waals surface area contributed by atoms with Crippen LogP contribution in [-0.2, 0) is 9.53 Å². The van der Waals surface area contributed by atoms with Crippen LogP contribution in [0.1, 0.15) is 0 Å². The molecular weight excluding hydrogens is 341 g/mol. The average molecular weight is 351 g/mol. The normalized spacial score (nSPS) is 9.82. The molecule has 1 aromatic heterocycles. The Balaban J connectivity index is 3.04. The van der Waals surface area contributed by atoms with Gasteiger partial charge in [0, 0.05) is 22.9 Å². The molecule has 0 aliphatic carbocycles. The third-order valence-electron chi connectivity index (χ3n) is 1.97. The fourth-order valence-corrected chi connectivity index (χ4v) is 1.62. The smallest absolute Gasteiger partial charge is 0.325 e. The quantitative estimate of drug-likeness (QED) is 0.351. The number of likely N-dealkylation sites (N-methyl/N-ethyl adjacent to an activating group) is 1. The van der Waals surface area contributed by atoms with E-state index in [2.05, 4.69) is 9.72 Å². The van der Waals surface area contributed by atoms with Crippen molar-refractivity contribution in [2.75, 3.05) is 25.6 Å². The van der Waals surface area contributed by atoms with Crippen LogP contribution in [0.5, 0.6) is 0 Å². The SMILES string of the molecule is COC(=O)CN(C)c1ncc(I)cc1[N+](=O)[O-]. The summed E-state index contributed by atoms with van der Waals surface area (Å²) >= 11 is 1.93. The highest BCUT2D eigenvalue weighted by Crippen LogP contribution is 2.26. The molecule has 0 amide bonds. The summed E-state index contributed by atoms with van der Waals surface area (Å²) in [5, 5.41) is 10.9. The summed E-state index contributed by atoms with van der Waals surface area (Å²) in [6, 6.07) is 1.40. The van der Waals surface area contributed by atoms with Crippen LogP contribution in [0.4, 0.5) is 11.5 Å². The Morgan fingerprint density at radius 1 is 1.71 bits per heavy atom. The fraction of sp³-hybridized carbons (Fsp3) is 0.333. The van der Waals surface area contributed by atoms with Crippen LogP contribution in [0.15, 0.2) is 12.3 Å². The molecule has 0 spiro atoms. The summed E-state index contributed by atoms with van der Waals surface area (Å²) in [5.74, 6) is -0.344. The second-order valence-corrected chi connectivity index (χ2v) is 4.43. The average Bonchev–Trinajstić information content (AvgIpc) is 2.28. The second-order valence-electron chi connectivity index (χ2n) is 3.19. The lowest BCUT2D eigenvalue weighted by Gasteiger charge is -2.16. The molecule has 17 heavy (non-hydrogen) atoms. The van der Waals surface area contributed by atoms with E-state index < -0.39 is 10.9 Å². The number of ether oxygens (including phenoxy) is 1. The first-order valence-corrected chi connectivity index (χ1v) is 5.61. The number of aromatic nitrogens is 1. The molecule has 0 aromatic carbocycles. The first-order valence-electron chi connectivity index (χ1n) is 4.53. The number of carbonyl (C=O) groups is 1. The summed E-state index contributed by atoms with van der Waals surface area (Å²) in [6.45, 7) is -0.0923. The molecule has 0 aliphatic rings. The van der Waals surface area contributed by atoms with E-state index in [1.807, 2.05) is 22.6 Å². The predicted octanol–water partition coefficient (Wildman–Crippen LogP) is 1.20. The van der Waals surface area contributed by atoms with Crippen LogP contribution in [0.2, 0.25) is 0 Å². The van der Waals surface area contributed by atoms with E-state index in [-0.39, 0.29) is 18.1 Å². The summed E-state index contributed by atoms with van der Waals surface area (Å²) in [6.07, 6.45) is 1.50. The summed E-state index contributed by atoms with van der Waals surface area (Å²) < 4.78 is 5.14. The Labute approximate surface area is 111 Å². The van der Waals surface area contributed by atoms with Crippen LogP contribution in [0.25, 0.3) is 0 Å². The Hall–Kier alpha value is -1.45. The molecule has 0 bridgehead atoms. The first-order chi connectivity index (χ1) is 7.95. The van der Waals surface area contributed by atoms with Crippen molar-refractivity contribution in [3.05, 3.63) is 25.9 Å². The standard InChI is InChI=1S/C9H10IN3O4/c1-12(5-8(14)17-2)9-7(13(15)16)3-6(10)4-11-9/h3-4H,5H2,1-2H3. The Bertz CT molecular complexity index is 452. The Morgan fingerprint density at radius 3 is 2.88 bits per heavy atom. The van der Waals surface area contributed by atoms with Gasteiger partial charge in [0.05, 0.1) is 12.0 Å². The number of nitro groups is 1. The highest BCUT2D eigenvalue weighted by molar-refractivity contribution is 14.1. The molecule has 8 heteroatoms. The molecule has 7 nitrogen and oxygen atoms in total. The maximum Gasteiger partial charge on any atom is 0.325 e. The molecule has 1 rings (SSSR count). The number of esters is 1. The van der Waals surface area contributed by atoms with Crippen molar-refractivity contribution in [3.8, 4) is 0 Å². The molecule has 92 valence electrons. The maximum atomic E-state index is 11.1. The van der Waals surface area contributed by atoms with Gasteiger partial charge in [0.1, 0.15) is 6.54 Å². The fourth-order valence-electron chi connectivity index (χ4n) is 1.18. The molecule has 0 radical (unpaired) electrons. The number of carbonyl (C=O) groups excluding carboxylic acids is 1. The molecule has 0 saturated heterocycles. The molecule has 0 fully saturated rings. The second kappa shape index (κ2) is 5.75. The van der Waals surface area contributed by atoms with Crippen LogP contribution >= 0.6 is 22.6 Å². The lowest BCUT2D eigenvalue weighted by atomic mass is 10.3. The summed E-state index contributed by atoms with van der Waals surface area (Å²) in [7, 11) is 2.80. The zero-order valence-corrected chi connectivity index (χ0v) is 11.4. The largest absolute Gasteiger partial charge is 0.468 e. The molecule has 0 atom stereocenters. The highest BCUT2D eigenvalue weighted by Gasteiger charge is 2.20. The number of anilines is 1. The number of rotatable bonds is 4.